The molecule has 0 saturated carbocycles. The minimum atomic E-state index is -1.07. The first-order valence-corrected chi connectivity index (χ1v) is 13.2. The molecule has 3 heterocycles. The van der Waals surface area contributed by atoms with Gasteiger partial charge in [-0.15, -0.1) is 0 Å². The van der Waals surface area contributed by atoms with E-state index in [2.05, 4.69) is 10.6 Å². The molecule has 2 aromatic carbocycles. The zero-order valence-corrected chi connectivity index (χ0v) is 21.5. The van der Waals surface area contributed by atoms with Crippen molar-refractivity contribution in [1.82, 2.24) is 10.2 Å². The van der Waals surface area contributed by atoms with Crippen molar-refractivity contribution < 1.29 is 24.2 Å². The number of carbonyl (C=O) groups excluding carboxylic acids is 3. The predicted octanol–water partition coefficient (Wildman–Crippen LogP) is 3.05. The van der Waals surface area contributed by atoms with E-state index in [0.717, 1.165) is 11.1 Å². The van der Waals surface area contributed by atoms with Crippen LogP contribution in [0.5, 0.6) is 0 Å². The van der Waals surface area contributed by atoms with Crippen LogP contribution in [-0.4, -0.2) is 58.6 Å². The van der Waals surface area contributed by atoms with Crippen LogP contribution < -0.4 is 10.6 Å². The fraction of sp³-hybridized carbons (Fsp3) is 0.464. The second-order valence-corrected chi connectivity index (χ2v) is 10.5. The third kappa shape index (κ3) is 4.51. The average molecular weight is 526 g/mol. The van der Waals surface area contributed by atoms with E-state index in [4.69, 9.17) is 16.3 Å². The number of anilines is 1. The fourth-order valence-corrected chi connectivity index (χ4v) is 6.54. The summed E-state index contributed by atoms with van der Waals surface area (Å²) in [6.07, 6.45) is 1.75. The van der Waals surface area contributed by atoms with Crippen LogP contribution in [-0.2, 0) is 25.7 Å². The van der Waals surface area contributed by atoms with Gasteiger partial charge in [0.25, 0.3) is 0 Å². The number of aliphatic hydroxyl groups is 1. The van der Waals surface area contributed by atoms with E-state index in [1.54, 1.807) is 11.0 Å². The molecule has 2 unspecified atom stereocenters. The van der Waals surface area contributed by atoms with E-state index in [0.29, 0.717) is 49.5 Å². The van der Waals surface area contributed by atoms with Crippen molar-refractivity contribution in [2.45, 2.75) is 56.9 Å². The summed E-state index contributed by atoms with van der Waals surface area (Å²) in [6.45, 7) is 2.50. The van der Waals surface area contributed by atoms with Gasteiger partial charge in [-0.25, -0.2) is 0 Å². The number of amides is 3. The Hall–Kier alpha value is -2.94. The summed E-state index contributed by atoms with van der Waals surface area (Å²) in [5.74, 6) is -2.24. The zero-order valence-electron chi connectivity index (χ0n) is 20.8. The third-order valence-electron chi connectivity index (χ3n) is 7.94. The van der Waals surface area contributed by atoms with Crippen LogP contribution >= 0.6 is 11.6 Å². The summed E-state index contributed by atoms with van der Waals surface area (Å²) in [7, 11) is 0. The number of aliphatic hydroxyl groups excluding tert-OH is 1. The Morgan fingerprint density at radius 3 is 2.65 bits per heavy atom. The number of hydrogen-bond donors (Lipinski definition) is 3. The van der Waals surface area contributed by atoms with Gasteiger partial charge in [-0.05, 0) is 49.8 Å². The normalized spacial score (nSPS) is 27.9. The Labute approximate surface area is 221 Å². The molecule has 3 amide bonds. The Balaban J connectivity index is 1.43. The lowest BCUT2D eigenvalue weighted by atomic mass is 9.70. The molecule has 2 bridgehead atoms. The smallest absolute Gasteiger partial charge is 0.250 e. The molecule has 0 aromatic heterocycles. The highest BCUT2D eigenvalue weighted by atomic mass is 35.5. The number of ether oxygens (including phenoxy) is 1. The van der Waals surface area contributed by atoms with Gasteiger partial charge >= 0.3 is 0 Å². The van der Waals surface area contributed by atoms with Crippen LogP contribution in [0.4, 0.5) is 5.69 Å². The van der Waals surface area contributed by atoms with Gasteiger partial charge in [0, 0.05) is 19.7 Å². The van der Waals surface area contributed by atoms with Gasteiger partial charge < -0.3 is 25.4 Å². The van der Waals surface area contributed by atoms with Crippen molar-refractivity contribution in [1.29, 1.82) is 0 Å². The largest absolute Gasteiger partial charge is 0.396 e. The van der Waals surface area contributed by atoms with Crippen LogP contribution in [0.15, 0.2) is 48.5 Å². The van der Waals surface area contributed by atoms with Crippen LogP contribution in [0.3, 0.4) is 0 Å². The maximum Gasteiger partial charge on any atom is 0.250 e. The molecule has 3 saturated heterocycles. The number of carbonyl (C=O) groups is 3. The van der Waals surface area contributed by atoms with Gasteiger partial charge in [0.05, 0.1) is 28.6 Å². The molecule has 5 atom stereocenters. The number of hydrogen-bond acceptors (Lipinski definition) is 5. The molecule has 3 aliphatic rings. The fourth-order valence-electron chi connectivity index (χ4n) is 6.27. The van der Waals surface area contributed by atoms with Crippen molar-refractivity contribution in [2.75, 3.05) is 18.5 Å². The summed E-state index contributed by atoms with van der Waals surface area (Å²) in [5, 5.41) is 15.6. The molecule has 0 radical (unpaired) electrons. The van der Waals surface area contributed by atoms with Gasteiger partial charge in [-0.3, -0.25) is 14.4 Å². The molecule has 3 fully saturated rings. The highest BCUT2D eigenvalue weighted by Gasteiger charge is 2.74. The highest BCUT2D eigenvalue weighted by molar-refractivity contribution is 6.34. The van der Waals surface area contributed by atoms with Gasteiger partial charge in [-0.1, -0.05) is 54.1 Å². The average Bonchev–Trinajstić information content (AvgIpc) is 3.53. The Morgan fingerprint density at radius 1 is 1.14 bits per heavy atom. The van der Waals surface area contributed by atoms with E-state index >= 15 is 0 Å². The number of likely N-dealkylation sites (tertiary alicyclic amines) is 1. The number of benzene rings is 2. The van der Waals surface area contributed by atoms with Crippen LogP contribution in [0.2, 0.25) is 5.02 Å². The molecule has 8 nitrogen and oxygen atoms in total. The number of rotatable bonds is 9. The molecule has 9 heteroatoms. The summed E-state index contributed by atoms with van der Waals surface area (Å²) in [4.78, 5) is 42.6. The topological polar surface area (TPSA) is 108 Å². The first-order chi connectivity index (χ1) is 17.9. The Morgan fingerprint density at radius 2 is 1.92 bits per heavy atom. The number of halogens is 1. The summed E-state index contributed by atoms with van der Waals surface area (Å²) < 4.78 is 6.44. The molecular formula is C28H32ClN3O5. The SMILES string of the molecule is Cc1cccc(Cl)c1NC(=O)C1N(CCCCO)C(=O)[C@@H]2[C@@H](C(=O)NCc3ccccc3)[C@H]3CCC12O3. The van der Waals surface area contributed by atoms with E-state index in [9.17, 15) is 19.5 Å². The molecule has 5 rings (SSSR count). The van der Waals surface area contributed by atoms with Crippen LogP contribution in [0.1, 0.15) is 36.8 Å². The number of nitrogens with zero attached hydrogens (tertiary/aromatic N) is 1. The number of aryl methyl sites for hydroxylation is 1. The van der Waals surface area contributed by atoms with Gasteiger partial charge in [-0.2, -0.15) is 0 Å². The van der Waals surface area contributed by atoms with Crippen molar-refractivity contribution in [2.24, 2.45) is 11.8 Å². The van der Waals surface area contributed by atoms with Crippen molar-refractivity contribution in [3.63, 3.8) is 0 Å². The molecule has 196 valence electrons. The van der Waals surface area contributed by atoms with Crippen molar-refractivity contribution >= 4 is 35.0 Å². The summed E-state index contributed by atoms with van der Waals surface area (Å²) in [6, 6.07) is 14.1. The lowest BCUT2D eigenvalue weighted by Gasteiger charge is -2.33. The number of fused-ring (bicyclic) bond motifs is 1. The maximum absolute atomic E-state index is 13.9. The van der Waals surface area contributed by atoms with Gasteiger partial charge in [0.1, 0.15) is 11.6 Å². The van der Waals surface area contributed by atoms with Crippen molar-refractivity contribution in [3.8, 4) is 0 Å². The lowest BCUT2D eigenvalue weighted by molar-refractivity contribution is -0.141. The summed E-state index contributed by atoms with van der Waals surface area (Å²) >= 11 is 6.38. The van der Waals surface area contributed by atoms with Crippen molar-refractivity contribution in [3.05, 3.63) is 64.7 Å². The molecular weight excluding hydrogens is 494 g/mol. The molecule has 3 aliphatic heterocycles. The minimum Gasteiger partial charge on any atom is -0.396 e. The van der Waals surface area contributed by atoms with Gasteiger partial charge in [0.2, 0.25) is 17.7 Å². The van der Waals surface area contributed by atoms with Crippen LogP contribution in [0, 0.1) is 18.8 Å². The predicted molar refractivity (Wildman–Crippen MR) is 139 cm³/mol. The number of unbranched alkanes of at least 4 members (excludes halogenated alkanes) is 1. The molecule has 3 N–H and O–H groups in total. The summed E-state index contributed by atoms with van der Waals surface area (Å²) in [5.41, 5.74) is 1.20. The highest BCUT2D eigenvalue weighted by Crippen LogP contribution is 2.58. The molecule has 0 aliphatic carbocycles. The second kappa shape index (κ2) is 10.4. The van der Waals surface area contributed by atoms with E-state index in [1.165, 1.54) is 0 Å². The minimum absolute atomic E-state index is 0.00459. The third-order valence-corrected chi connectivity index (χ3v) is 8.25. The molecule has 1 spiro atoms. The second-order valence-electron chi connectivity index (χ2n) is 10.1. The van der Waals surface area contributed by atoms with Gasteiger partial charge in [0.15, 0.2) is 0 Å². The molecule has 37 heavy (non-hydrogen) atoms. The molecule has 2 aromatic rings. The van der Waals surface area contributed by atoms with Crippen LogP contribution in [0.25, 0.3) is 0 Å². The zero-order chi connectivity index (χ0) is 26.2. The first kappa shape index (κ1) is 25.7. The number of nitrogens with one attached hydrogen (secondary N) is 2. The number of para-hydroxylation sites is 1. The first-order valence-electron chi connectivity index (χ1n) is 12.8. The van der Waals surface area contributed by atoms with E-state index in [1.807, 2.05) is 49.4 Å². The van der Waals surface area contributed by atoms with E-state index < -0.39 is 29.6 Å². The van der Waals surface area contributed by atoms with E-state index in [-0.39, 0.29) is 24.3 Å². The standard InChI is InChI=1S/C28H32ClN3O5/c1-17-8-7-11-19(29)23(17)31-26(35)24-28-13-12-20(37-28)21(22(28)27(36)32(24)14-5-6-15-33)25(34)30-16-18-9-3-2-4-10-18/h2-4,7-11,20-22,24,33H,5-6,12-16H2,1H3,(H,30,34)(H,31,35)/t20-,21+,22+,24?,28?/m1/s1. The Bertz CT molecular complexity index is 1170. The maximum atomic E-state index is 13.9. The Kier molecular flexibility index (Phi) is 7.25. The quantitative estimate of drug-likeness (QED) is 0.436. The monoisotopic (exact) mass is 525 g/mol. The lowest BCUT2D eigenvalue weighted by Crippen LogP contribution is -2.53.